The second kappa shape index (κ2) is 8.80. The Morgan fingerprint density at radius 3 is 2.16 bits per heavy atom. The highest BCUT2D eigenvalue weighted by atomic mass is 19.4. The molecule has 0 aliphatic rings. The number of benzene rings is 4. The molecule has 5 aromatic rings. The first-order chi connectivity index (χ1) is 17.4. The second-order valence-corrected chi connectivity index (χ2v) is 8.74. The summed E-state index contributed by atoms with van der Waals surface area (Å²) in [6, 6.07) is 19.8. The standard InChI is InChI=1S/C29H19F6N2/c1-17-16-37(36-18(17)2)25-14-13-24(29(33,34)35)26(20-9-5-10-21(15-20)28(30,31)32)27(25)23-12-6-8-19-7-3-4-11-22(19)23/h3-12,14-16H,1-2H3. The van der Waals surface area contributed by atoms with Gasteiger partial charge in [-0.15, -0.1) is 0 Å². The van der Waals surface area contributed by atoms with Crippen molar-refractivity contribution in [2.45, 2.75) is 26.2 Å². The van der Waals surface area contributed by atoms with Gasteiger partial charge >= 0.3 is 12.4 Å². The predicted octanol–water partition coefficient (Wildman–Crippen LogP) is 8.81. The molecule has 0 aliphatic heterocycles. The van der Waals surface area contributed by atoms with Gasteiger partial charge in [-0.1, -0.05) is 54.6 Å². The highest BCUT2D eigenvalue weighted by Crippen LogP contribution is 2.47. The van der Waals surface area contributed by atoms with Gasteiger partial charge in [-0.25, -0.2) is 4.68 Å². The van der Waals surface area contributed by atoms with Crippen molar-refractivity contribution in [3.05, 3.63) is 107 Å². The van der Waals surface area contributed by atoms with Gasteiger partial charge in [0.25, 0.3) is 0 Å². The van der Waals surface area contributed by atoms with Crippen LogP contribution in [0.5, 0.6) is 0 Å². The van der Waals surface area contributed by atoms with Gasteiger partial charge < -0.3 is 0 Å². The Morgan fingerprint density at radius 1 is 0.784 bits per heavy atom. The van der Waals surface area contributed by atoms with E-state index in [0.717, 1.165) is 29.1 Å². The summed E-state index contributed by atoms with van der Waals surface area (Å²) >= 11 is 0. The molecule has 1 aromatic heterocycles. The molecule has 0 atom stereocenters. The molecule has 0 amide bonds. The first kappa shape index (κ1) is 24.6. The van der Waals surface area contributed by atoms with Crippen LogP contribution in [-0.2, 0) is 12.4 Å². The normalized spacial score (nSPS) is 12.3. The molecule has 0 aliphatic carbocycles. The number of aryl methyl sites for hydroxylation is 2. The van der Waals surface area contributed by atoms with E-state index in [-0.39, 0.29) is 16.8 Å². The Balaban J connectivity index is 1.97. The van der Waals surface area contributed by atoms with E-state index in [1.54, 1.807) is 43.5 Å². The zero-order chi connectivity index (χ0) is 26.5. The van der Waals surface area contributed by atoms with Crippen molar-refractivity contribution in [1.82, 2.24) is 9.78 Å². The minimum atomic E-state index is -4.88. The molecule has 0 bridgehead atoms. The van der Waals surface area contributed by atoms with E-state index in [9.17, 15) is 26.3 Å². The predicted molar refractivity (Wildman–Crippen MR) is 130 cm³/mol. The van der Waals surface area contributed by atoms with Crippen LogP contribution in [0.1, 0.15) is 22.4 Å². The van der Waals surface area contributed by atoms with Crippen molar-refractivity contribution in [2.24, 2.45) is 0 Å². The molecule has 0 spiro atoms. The van der Waals surface area contributed by atoms with Gasteiger partial charge in [0.05, 0.1) is 22.5 Å². The van der Waals surface area contributed by atoms with Gasteiger partial charge in [0.15, 0.2) is 0 Å². The number of hydrogen-bond acceptors (Lipinski definition) is 1. The van der Waals surface area contributed by atoms with Crippen molar-refractivity contribution in [1.29, 1.82) is 0 Å². The quantitative estimate of drug-likeness (QED) is 0.222. The zero-order valence-corrected chi connectivity index (χ0v) is 19.7. The topological polar surface area (TPSA) is 17.8 Å². The highest BCUT2D eigenvalue weighted by molar-refractivity contribution is 6.03. The third kappa shape index (κ3) is 4.48. The molecule has 0 saturated carbocycles. The molecule has 0 saturated heterocycles. The van der Waals surface area contributed by atoms with Gasteiger partial charge in [0.2, 0.25) is 0 Å². The van der Waals surface area contributed by atoms with Crippen LogP contribution in [0, 0.1) is 19.9 Å². The number of rotatable bonds is 3. The minimum absolute atomic E-state index is 0.115. The van der Waals surface area contributed by atoms with Crippen LogP contribution in [0.15, 0.2) is 79.0 Å². The molecular formula is C29H19F6N2. The molecule has 8 heteroatoms. The van der Waals surface area contributed by atoms with Crippen LogP contribution in [0.25, 0.3) is 38.7 Å². The maximum absolute atomic E-state index is 14.4. The van der Waals surface area contributed by atoms with Crippen LogP contribution >= 0.6 is 0 Å². The van der Waals surface area contributed by atoms with Crippen molar-refractivity contribution in [3.8, 4) is 27.9 Å². The second-order valence-electron chi connectivity index (χ2n) is 8.74. The Kier molecular flexibility index (Phi) is 5.85. The number of nitrogens with zero attached hydrogens (tertiary/aromatic N) is 2. The summed E-state index contributed by atoms with van der Waals surface area (Å²) in [6.07, 6.45) is -7.93. The first-order valence-corrected chi connectivity index (χ1v) is 11.3. The third-order valence-electron chi connectivity index (χ3n) is 6.32. The molecule has 1 heterocycles. The molecule has 0 unspecified atom stereocenters. The third-order valence-corrected chi connectivity index (χ3v) is 6.32. The van der Waals surface area contributed by atoms with Crippen molar-refractivity contribution < 1.29 is 26.3 Å². The number of halogens is 6. The lowest BCUT2D eigenvalue weighted by Gasteiger charge is -2.22. The molecular weight excluding hydrogens is 490 g/mol. The van der Waals surface area contributed by atoms with E-state index in [1.165, 1.54) is 16.8 Å². The largest absolute Gasteiger partial charge is 0.417 e. The van der Waals surface area contributed by atoms with E-state index in [0.29, 0.717) is 16.6 Å². The lowest BCUT2D eigenvalue weighted by molar-refractivity contribution is -0.137. The Labute approximate surface area is 208 Å². The maximum Gasteiger partial charge on any atom is 0.417 e. The summed E-state index contributed by atoms with van der Waals surface area (Å²) in [4.78, 5) is 0. The van der Waals surface area contributed by atoms with Gasteiger partial charge in [-0.3, -0.25) is 0 Å². The van der Waals surface area contributed by atoms with Gasteiger partial charge in [-0.2, -0.15) is 31.4 Å². The summed E-state index contributed by atoms with van der Waals surface area (Å²) in [5, 5.41) is 5.89. The van der Waals surface area contributed by atoms with Gasteiger partial charge in [0.1, 0.15) is 0 Å². The fourth-order valence-electron chi connectivity index (χ4n) is 4.47. The summed E-state index contributed by atoms with van der Waals surface area (Å²) in [6.45, 7) is 3.59. The van der Waals surface area contributed by atoms with Crippen LogP contribution in [0.2, 0.25) is 0 Å². The maximum atomic E-state index is 14.4. The van der Waals surface area contributed by atoms with Crippen molar-refractivity contribution >= 4 is 10.8 Å². The lowest BCUT2D eigenvalue weighted by Crippen LogP contribution is -2.12. The molecule has 2 nitrogen and oxygen atoms in total. The molecule has 37 heavy (non-hydrogen) atoms. The minimum Gasteiger partial charge on any atom is -0.240 e. The Bertz CT molecular complexity index is 1600. The number of aromatic nitrogens is 2. The van der Waals surface area contributed by atoms with E-state index in [1.807, 2.05) is 19.1 Å². The van der Waals surface area contributed by atoms with Crippen LogP contribution in [0.4, 0.5) is 26.3 Å². The molecule has 4 aromatic carbocycles. The lowest BCUT2D eigenvalue weighted by atomic mass is 9.86. The Morgan fingerprint density at radius 2 is 1.49 bits per heavy atom. The Hall–Kier alpha value is -4.07. The summed E-state index contributed by atoms with van der Waals surface area (Å²) in [5.41, 5.74) is -0.503. The highest BCUT2D eigenvalue weighted by Gasteiger charge is 2.38. The molecule has 5 rings (SSSR count). The molecule has 187 valence electrons. The SMILES string of the molecule is Cc1cn(-c2c[c]c(C(F)(F)F)c(-c3cccc(C(F)(F)F)c3)c2-c2cccc3ccccc23)nc1C. The van der Waals surface area contributed by atoms with E-state index < -0.39 is 29.0 Å². The molecule has 0 fully saturated rings. The van der Waals surface area contributed by atoms with Gasteiger partial charge in [-0.05, 0) is 65.6 Å². The van der Waals surface area contributed by atoms with Crippen LogP contribution in [0.3, 0.4) is 0 Å². The van der Waals surface area contributed by atoms with Crippen LogP contribution < -0.4 is 0 Å². The van der Waals surface area contributed by atoms with E-state index >= 15 is 0 Å². The summed E-state index contributed by atoms with van der Waals surface area (Å²) in [7, 11) is 0. The number of alkyl halides is 6. The number of fused-ring (bicyclic) bond motifs is 1. The fourth-order valence-corrected chi connectivity index (χ4v) is 4.47. The first-order valence-electron chi connectivity index (χ1n) is 11.3. The van der Waals surface area contributed by atoms with Crippen molar-refractivity contribution in [3.63, 3.8) is 0 Å². The zero-order valence-electron chi connectivity index (χ0n) is 19.7. The average molecular weight is 509 g/mol. The molecule has 0 N–H and O–H groups in total. The van der Waals surface area contributed by atoms with Crippen molar-refractivity contribution in [2.75, 3.05) is 0 Å². The van der Waals surface area contributed by atoms with Gasteiger partial charge in [0, 0.05) is 17.3 Å². The van der Waals surface area contributed by atoms with E-state index in [4.69, 9.17) is 0 Å². The monoisotopic (exact) mass is 509 g/mol. The summed E-state index contributed by atoms with van der Waals surface area (Å²) in [5.74, 6) is 0. The van der Waals surface area contributed by atoms with Crippen LogP contribution in [-0.4, -0.2) is 9.78 Å². The number of hydrogen-bond donors (Lipinski definition) is 0. The van der Waals surface area contributed by atoms with E-state index in [2.05, 4.69) is 11.2 Å². The summed E-state index contributed by atoms with van der Waals surface area (Å²) < 4.78 is 85.5. The smallest absolute Gasteiger partial charge is 0.240 e. The molecule has 1 radical (unpaired) electrons. The fraction of sp³-hybridized carbons (Fsp3) is 0.138. The average Bonchev–Trinajstić information content (AvgIpc) is 3.19.